The summed E-state index contributed by atoms with van der Waals surface area (Å²) in [6, 6.07) is 8.09. The van der Waals surface area contributed by atoms with E-state index < -0.39 is 5.54 Å². The van der Waals surface area contributed by atoms with Gasteiger partial charge in [-0.25, -0.2) is 0 Å². The number of thiophene rings is 1. The third-order valence-corrected chi connectivity index (χ3v) is 7.00. The number of carbonyl (C=O) groups is 2. The van der Waals surface area contributed by atoms with Gasteiger partial charge in [0.25, 0.3) is 0 Å². The smallest absolute Gasteiger partial charge is 0.242 e. The van der Waals surface area contributed by atoms with Crippen LogP contribution in [0.15, 0.2) is 29.6 Å². The first kappa shape index (κ1) is 24.3. The molecule has 2 heterocycles. The van der Waals surface area contributed by atoms with E-state index in [1.807, 2.05) is 58.6 Å². The summed E-state index contributed by atoms with van der Waals surface area (Å²) < 4.78 is 6.23. The van der Waals surface area contributed by atoms with E-state index in [0.717, 1.165) is 23.3 Å². The maximum atomic E-state index is 13.5. The summed E-state index contributed by atoms with van der Waals surface area (Å²) in [6.45, 7) is 14.9. The maximum Gasteiger partial charge on any atom is 0.242 e. The second-order valence-corrected chi connectivity index (χ2v) is 11.0. The van der Waals surface area contributed by atoms with Crippen LogP contribution in [0.1, 0.15) is 62.2 Å². The number of fused-ring (bicyclic) bond motifs is 1. The normalized spacial score (nSPS) is 16.1. The van der Waals surface area contributed by atoms with Crippen molar-refractivity contribution in [1.29, 1.82) is 0 Å². The van der Waals surface area contributed by atoms with Crippen molar-refractivity contribution in [3.05, 3.63) is 51.2 Å². The zero-order chi connectivity index (χ0) is 23.6. The highest BCUT2D eigenvalue weighted by atomic mass is 32.1. The molecule has 0 spiro atoms. The minimum absolute atomic E-state index is 0.00200. The largest absolute Gasteiger partial charge is 0.491 e. The summed E-state index contributed by atoms with van der Waals surface area (Å²) in [6.07, 6.45) is 0.840. The Kier molecular flexibility index (Phi) is 7.33. The fraction of sp³-hybridized carbons (Fsp3) is 0.538. The van der Waals surface area contributed by atoms with Gasteiger partial charge in [0, 0.05) is 22.9 Å². The minimum atomic E-state index is -0.425. The van der Waals surface area contributed by atoms with Crippen LogP contribution in [-0.4, -0.2) is 46.8 Å². The van der Waals surface area contributed by atoms with Crippen molar-refractivity contribution < 1.29 is 14.3 Å². The summed E-state index contributed by atoms with van der Waals surface area (Å²) in [7, 11) is 0. The Hall–Kier alpha value is -2.34. The highest BCUT2D eigenvalue weighted by Crippen LogP contribution is 2.34. The fourth-order valence-corrected chi connectivity index (χ4v) is 5.12. The van der Waals surface area contributed by atoms with Gasteiger partial charge in [0.2, 0.25) is 11.8 Å². The van der Waals surface area contributed by atoms with E-state index in [9.17, 15) is 9.59 Å². The lowest BCUT2D eigenvalue weighted by molar-refractivity contribution is -0.148. The molecule has 0 bridgehead atoms. The third kappa shape index (κ3) is 5.34. The molecular formula is C26H36N2O3S. The number of carbonyl (C=O) groups excluding carboxylic acids is 2. The van der Waals surface area contributed by atoms with Gasteiger partial charge in [0.1, 0.15) is 18.9 Å². The highest BCUT2D eigenvalue weighted by Gasteiger charge is 2.36. The topological polar surface area (TPSA) is 49.9 Å². The van der Waals surface area contributed by atoms with Crippen LogP contribution in [0.3, 0.4) is 0 Å². The molecule has 0 fully saturated rings. The number of amides is 2. The van der Waals surface area contributed by atoms with Crippen molar-refractivity contribution in [2.75, 3.05) is 19.7 Å². The summed E-state index contributed by atoms with van der Waals surface area (Å²) in [5.41, 5.74) is 3.02. The Morgan fingerprint density at radius 2 is 1.94 bits per heavy atom. The van der Waals surface area contributed by atoms with Crippen LogP contribution < -0.4 is 4.74 Å². The molecule has 3 rings (SSSR count). The van der Waals surface area contributed by atoms with Gasteiger partial charge in [-0.05, 0) is 69.7 Å². The van der Waals surface area contributed by atoms with Crippen LogP contribution in [0.2, 0.25) is 0 Å². The molecule has 1 aliphatic rings. The van der Waals surface area contributed by atoms with Crippen molar-refractivity contribution in [3.8, 4) is 5.75 Å². The Balaban J connectivity index is 1.83. The molecule has 0 N–H and O–H groups in total. The maximum absolute atomic E-state index is 13.5. The van der Waals surface area contributed by atoms with E-state index in [-0.39, 0.29) is 30.3 Å². The van der Waals surface area contributed by atoms with Crippen molar-refractivity contribution in [3.63, 3.8) is 0 Å². The van der Waals surface area contributed by atoms with Crippen LogP contribution in [0.4, 0.5) is 0 Å². The molecular weight excluding hydrogens is 420 g/mol. The van der Waals surface area contributed by atoms with Gasteiger partial charge in [-0.2, -0.15) is 0 Å². The molecule has 2 amide bonds. The van der Waals surface area contributed by atoms with Gasteiger partial charge < -0.3 is 14.5 Å². The molecule has 1 aliphatic heterocycles. The van der Waals surface area contributed by atoms with E-state index in [1.54, 1.807) is 16.2 Å². The van der Waals surface area contributed by atoms with Gasteiger partial charge in [-0.1, -0.05) is 31.5 Å². The molecule has 1 unspecified atom stereocenters. The van der Waals surface area contributed by atoms with Gasteiger partial charge in [-0.15, -0.1) is 11.3 Å². The van der Waals surface area contributed by atoms with Crippen molar-refractivity contribution in [2.24, 2.45) is 5.92 Å². The fourth-order valence-electron chi connectivity index (χ4n) is 4.19. The summed E-state index contributed by atoms with van der Waals surface area (Å²) in [5.74, 6) is 0.661. The molecule has 0 aliphatic carbocycles. The number of benzene rings is 1. The molecule has 5 nitrogen and oxygen atoms in total. The van der Waals surface area contributed by atoms with E-state index >= 15 is 0 Å². The average Bonchev–Trinajstić information content (AvgIpc) is 3.18. The van der Waals surface area contributed by atoms with E-state index in [4.69, 9.17) is 4.74 Å². The molecule has 174 valence electrons. The summed E-state index contributed by atoms with van der Waals surface area (Å²) >= 11 is 1.74. The molecule has 0 saturated carbocycles. The number of aryl methyl sites for hydroxylation is 2. The highest BCUT2D eigenvalue weighted by molar-refractivity contribution is 7.10. The predicted octanol–water partition coefficient (Wildman–Crippen LogP) is 5.15. The van der Waals surface area contributed by atoms with Crippen molar-refractivity contribution in [1.82, 2.24) is 9.80 Å². The minimum Gasteiger partial charge on any atom is -0.491 e. The molecule has 1 aromatic heterocycles. The number of hydrogen-bond acceptors (Lipinski definition) is 4. The van der Waals surface area contributed by atoms with Crippen LogP contribution in [0, 0.1) is 19.8 Å². The zero-order valence-corrected chi connectivity index (χ0v) is 21.2. The van der Waals surface area contributed by atoms with Crippen LogP contribution in [-0.2, 0) is 16.0 Å². The lowest BCUT2D eigenvalue weighted by Crippen LogP contribution is -2.54. The van der Waals surface area contributed by atoms with Crippen LogP contribution in [0.25, 0.3) is 0 Å². The average molecular weight is 457 g/mol. The number of rotatable bonds is 6. The van der Waals surface area contributed by atoms with Crippen molar-refractivity contribution >= 4 is 23.2 Å². The molecule has 2 aromatic rings. The number of nitrogens with zero attached hydrogens (tertiary/aromatic N) is 2. The number of hydrogen-bond donors (Lipinski definition) is 0. The van der Waals surface area contributed by atoms with Gasteiger partial charge >= 0.3 is 0 Å². The Morgan fingerprint density at radius 1 is 1.22 bits per heavy atom. The first-order valence-electron chi connectivity index (χ1n) is 11.4. The summed E-state index contributed by atoms with van der Waals surface area (Å²) in [5, 5.41) is 2.09. The molecule has 6 heteroatoms. The molecule has 0 saturated heterocycles. The van der Waals surface area contributed by atoms with E-state index in [0.29, 0.717) is 13.2 Å². The quantitative estimate of drug-likeness (QED) is 0.604. The molecule has 32 heavy (non-hydrogen) atoms. The predicted molar refractivity (Wildman–Crippen MR) is 130 cm³/mol. The SMILES string of the molecule is Cc1ccc(OCC2c3ccsc3CCN2C(=O)CN(C(=O)C(C)C)C(C)(C)C)c(C)c1. The van der Waals surface area contributed by atoms with E-state index in [2.05, 4.69) is 24.4 Å². The standard InChI is InChI=1S/C26H36N2O3S/c1-17(2)25(30)28(26(5,6)7)15-24(29)27-12-10-23-20(11-13-32-23)21(27)16-31-22-9-8-18(3)14-19(22)4/h8-9,11,13-14,17,21H,10,12,15-16H2,1-7H3. The van der Waals surface area contributed by atoms with Gasteiger partial charge in [0.05, 0.1) is 6.04 Å². The lowest BCUT2D eigenvalue weighted by atomic mass is 9.99. The van der Waals surface area contributed by atoms with Gasteiger partial charge in [-0.3, -0.25) is 9.59 Å². The monoisotopic (exact) mass is 456 g/mol. The van der Waals surface area contributed by atoms with Crippen molar-refractivity contribution in [2.45, 2.75) is 66.5 Å². The molecule has 1 atom stereocenters. The Labute approximate surface area is 196 Å². The molecule has 1 aromatic carbocycles. The zero-order valence-electron chi connectivity index (χ0n) is 20.4. The summed E-state index contributed by atoms with van der Waals surface area (Å²) in [4.78, 5) is 31.3. The second-order valence-electron chi connectivity index (χ2n) is 9.98. The van der Waals surface area contributed by atoms with Gasteiger partial charge in [0.15, 0.2) is 0 Å². The van der Waals surface area contributed by atoms with E-state index in [1.165, 1.54) is 10.4 Å². The van der Waals surface area contributed by atoms with Crippen LogP contribution in [0.5, 0.6) is 5.75 Å². The Morgan fingerprint density at radius 3 is 2.56 bits per heavy atom. The molecule has 0 radical (unpaired) electrons. The third-order valence-electron chi connectivity index (χ3n) is 6.01. The number of ether oxygens (including phenoxy) is 1. The lowest BCUT2D eigenvalue weighted by Gasteiger charge is -2.40. The second kappa shape index (κ2) is 9.65. The Bertz CT molecular complexity index is 974. The first-order valence-corrected chi connectivity index (χ1v) is 12.2. The first-order chi connectivity index (χ1) is 15.0. The van der Waals surface area contributed by atoms with Crippen LogP contribution >= 0.6 is 11.3 Å².